The summed E-state index contributed by atoms with van der Waals surface area (Å²) in [6.07, 6.45) is 0.385. The van der Waals surface area contributed by atoms with Crippen molar-refractivity contribution in [1.29, 1.82) is 0 Å². The highest BCUT2D eigenvalue weighted by molar-refractivity contribution is 5.99. The van der Waals surface area contributed by atoms with E-state index < -0.39 is 17.9 Å². The van der Waals surface area contributed by atoms with Crippen LogP contribution in [-0.4, -0.2) is 38.0 Å². The molecule has 1 aromatic heterocycles. The summed E-state index contributed by atoms with van der Waals surface area (Å²) in [5.41, 5.74) is 1.80. The average Bonchev–Trinajstić information content (AvgIpc) is 2.78. The van der Waals surface area contributed by atoms with Crippen molar-refractivity contribution in [3.8, 4) is 0 Å². The molecule has 2 rings (SSSR count). The molecule has 21 heavy (non-hydrogen) atoms. The summed E-state index contributed by atoms with van der Waals surface area (Å²) in [6, 6.07) is 4.06. The van der Waals surface area contributed by atoms with E-state index in [0.717, 1.165) is 5.52 Å². The van der Waals surface area contributed by atoms with Crippen LogP contribution < -0.4 is 5.32 Å². The van der Waals surface area contributed by atoms with E-state index in [0.29, 0.717) is 17.5 Å². The molecular weight excluding hydrogens is 272 g/mol. The zero-order valence-electron chi connectivity index (χ0n) is 12.2. The summed E-state index contributed by atoms with van der Waals surface area (Å²) < 4.78 is 1.56. The second-order valence-corrected chi connectivity index (χ2v) is 5.41. The van der Waals surface area contributed by atoms with E-state index in [9.17, 15) is 9.59 Å². The number of amides is 1. The third kappa shape index (κ3) is 3.36. The number of fused-ring (bicyclic) bond motifs is 1. The number of rotatable bonds is 5. The maximum atomic E-state index is 12.2. The van der Waals surface area contributed by atoms with Gasteiger partial charge in [-0.1, -0.05) is 19.1 Å². The van der Waals surface area contributed by atoms with Gasteiger partial charge in [-0.25, -0.2) is 9.48 Å². The fourth-order valence-corrected chi connectivity index (χ4v) is 2.11. The lowest BCUT2D eigenvalue weighted by Crippen LogP contribution is -2.41. The van der Waals surface area contributed by atoms with Crippen molar-refractivity contribution < 1.29 is 14.7 Å². The minimum Gasteiger partial charge on any atom is -0.480 e. The topological polar surface area (TPSA) is 97.1 Å². The van der Waals surface area contributed by atoms with Gasteiger partial charge in [0.15, 0.2) is 0 Å². The van der Waals surface area contributed by atoms with Crippen LogP contribution in [0.25, 0.3) is 11.0 Å². The number of carboxylic acid groups (broad SMARTS) is 1. The van der Waals surface area contributed by atoms with E-state index in [1.807, 2.05) is 13.8 Å². The first-order valence-electron chi connectivity index (χ1n) is 6.71. The number of hydrogen-bond donors (Lipinski definition) is 2. The molecule has 2 N–H and O–H groups in total. The van der Waals surface area contributed by atoms with Gasteiger partial charge in [-0.2, -0.15) is 0 Å². The van der Waals surface area contributed by atoms with E-state index in [2.05, 4.69) is 15.6 Å². The Balaban J connectivity index is 2.20. The number of hydrogen-bond acceptors (Lipinski definition) is 4. The Bertz CT molecular complexity index is 678. The van der Waals surface area contributed by atoms with Crippen molar-refractivity contribution in [2.24, 2.45) is 13.0 Å². The van der Waals surface area contributed by atoms with Gasteiger partial charge in [0.05, 0.1) is 5.52 Å². The molecule has 1 aromatic carbocycles. The highest BCUT2D eigenvalue weighted by Crippen LogP contribution is 2.13. The van der Waals surface area contributed by atoms with E-state index in [-0.39, 0.29) is 5.92 Å². The van der Waals surface area contributed by atoms with Crippen LogP contribution in [0.15, 0.2) is 18.2 Å². The third-order valence-electron chi connectivity index (χ3n) is 3.18. The summed E-state index contributed by atoms with van der Waals surface area (Å²) in [5, 5.41) is 19.5. The van der Waals surface area contributed by atoms with Gasteiger partial charge in [0, 0.05) is 12.6 Å². The minimum atomic E-state index is -1.03. The highest BCUT2D eigenvalue weighted by Gasteiger charge is 2.22. The number of aromatic nitrogens is 3. The third-order valence-corrected chi connectivity index (χ3v) is 3.18. The maximum Gasteiger partial charge on any atom is 0.326 e. The monoisotopic (exact) mass is 290 g/mol. The van der Waals surface area contributed by atoms with Crippen molar-refractivity contribution in [1.82, 2.24) is 20.3 Å². The lowest BCUT2D eigenvalue weighted by Gasteiger charge is -2.16. The van der Waals surface area contributed by atoms with Gasteiger partial charge in [-0.05, 0) is 30.5 Å². The van der Waals surface area contributed by atoms with Crippen molar-refractivity contribution in [2.75, 3.05) is 0 Å². The predicted octanol–water partition coefficient (Wildman–Crippen LogP) is 1.20. The number of benzene rings is 1. The molecule has 0 saturated carbocycles. The Labute approximate surface area is 121 Å². The van der Waals surface area contributed by atoms with E-state index in [4.69, 9.17) is 5.11 Å². The van der Waals surface area contributed by atoms with Crippen LogP contribution in [0.4, 0.5) is 0 Å². The molecule has 1 atom stereocenters. The molecular formula is C14H18N4O3. The summed E-state index contributed by atoms with van der Waals surface area (Å²) in [7, 11) is 1.73. The number of carbonyl (C=O) groups is 2. The molecule has 0 bridgehead atoms. The number of nitrogens with zero attached hydrogens (tertiary/aromatic N) is 3. The first kappa shape index (κ1) is 15.0. The van der Waals surface area contributed by atoms with Gasteiger partial charge in [0.25, 0.3) is 5.91 Å². The average molecular weight is 290 g/mol. The number of carboxylic acids is 1. The normalized spacial score (nSPS) is 12.6. The number of nitrogens with one attached hydrogen (secondary N) is 1. The predicted molar refractivity (Wildman–Crippen MR) is 76.9 cm³/mol. The van der Waals surface area contributed by atoms with E-state index in [1.165, 1.54) is 0 Å². The largest absolute Gasteiger partial charge is 0.480 e. The van der Waals surface area contributed by atoms with Gasteiger partial charge in [0.1, 0.15) is 11.6 Å². The SMILES string of the molecule is CC(C)C[C@@H](NC(=O)c1ccc2nnn(C)c2c1)C(=O)O. The molecule has 0 fully saturated rings. The Kier molecular flexibility index (Phi) is 4.21. The second kappa shape index (κ2) is 5.90. The van der Waals surface area contributed by atoms with E-state index >= 15 is 0 Å². The van der Waals surface area contributed by atoms with Crippen LogP contribution in [-0.2, 0) is 11.8 Å². The minimum absolute atomic E-state index is 0.176. The van der Waals surface area contributed by atoms with E-state index in [1.54, 1.807) is 29.9 Å². The van der Waals surface area contributed by atoms with Crippen LogP contribution in [0.2, 0.25) is 0 Å². The standard InChI is InChI=1S/C14H18N4O3/c1-8(2)6-11(14(20)21)15-13(19)9-4-5-10-12(7-9)18(3)17-16-10/h4-5,7-8,11H,6H2,1-3H3,(H,15,19)(H,20,21)/t11-/m1/s1. The zero-order chi connectivity index (χ0) is 15.6. The highest BCUT2D eigenvalue weighted by atomic mass is 16.4. The molecule has 7 heteroatoms. The molecule has 0 saturated heterocycles. The second-order valence-electron chi connectivity index (χ2n) is 5.41. The molecule has 2 aromatic rings. The van der Waals surface area contributed by atoms with Gasteiger partial charge >= 0.3 is 5.97 Å². The Morgan fingerprint density at radius 3 is 2.71 bits per heavy atom. The van der Waals surface area contributed by atoms with Crippen molar-refractivity contribution in [3.63, 3.8) is 0 Å². The van der Waals surface area contributed by atoms with Crippen LogP contribution in [0, 0.1) is 5.92 Å². The van der Waals surface area contributed by atoms with Crippen LogP contribution in [0.5, 0.6) is 0 Å². The van der Waals surface area contributed by atoms with Gasteiger partial charge in [-0.15, -0.1) is 5.10 Å². The summed E-state index contributed by atoms with van der Waals surface area (Å²) in [4.78, 5) is 23.4. The van der Waals surface area contributed by atoms with Crippen molar-refractivity contribution >= 4 is 22.9 Å². The van der Waals surface area contributed by atoms with Crippen molar-refractivity contribution in [3.05, 3.63) is 23.8 Å². The fourth-order valence-electron chi connectivity index (χ4n) is 2.11. The number of aliphatic carboxylic acids is 1. The first-order valence-corrected chi connectivity index (χ1v) is 6.71. The molecule has 112 valence electrons. The summed E-state index contributed by atoms with van der Waals surface area (Å²) in [5.74, 6) is -1.26. The molecule has 1 heterocycles. The number of carbonyl (C=O) groups excluding carboxylic acids is 1. The number of aryl methyl sites for hydroxylation is 1. The molecule has 0 unspecified atom stereocenters. The van der Waals surface area contributed by atoms with Crippen LogP contribution >= 0.6 is 0 Å². The molecule has 0 spiro atoms. The van der Waals surface area contributed by atoms with Gasteiger partial charge in [0.2, 0.25) is 0 Å². The maximum absolute atomic E-state index is 12.2. The van der Waals surface area contributed by atoms with Gasteiger partial charge in [-0.3, -0.25) is 4.79 Å². The summed E-state index contributed by atoms with van der Waals surface area (Å²) >= 11 is 0. The molecule has 0 radical (unpaired) electrons. The van der Waals surface area contributed by atoms with Crippen molar-refractivity contribution in [2.45, 2.75) is 26.3 Å². The van der Waals surface area contributed by atoms with Crippen LogP contribution in [0.1, 0.15) is 30.6 Å². The Morgan fingerprint density at radius 2 is 2.10 bits per heavy atom. The summed E-state index contributed by atoms with van der Waals surface area (Å²) in [6.45, 7) is 3.82. The lowest BCUT2D eigenvalue weighted by atomic mass is 10.0. The molecule has 0 aliphatic carbocycles. The zero-order valence-corrected chi connectivity index (χ0v) is 12.2. The first-order chi connectivity index (χ1) is 9.88. The molecule has 1 amide bonds. The quantitative estimate of drug-likeness (QED) is 0.862. The Hall–Kier alpha value is -2.44. The molecule has 0 aliphatic rings. The van der Waals surface area contributed by atoms with Gasteiger partial charge < -0.3 is 10.4 Å². The Morgan fingerprint density at radius 1 is 1.38 bits per heavy atom. The smallest absolute Gasteiger partial charge is 0.326 e. The fraction of sp³-hybridized carbons (Fsp3) is 0.429. The molecule has 0 aliphatic heterocycles. The lowest BCUT2D eigenvalue weighted by molar-refractivity contribution is -0.139. The molecule has 7 nitrogen and oxygen atoms in total. The van der Waals surface area contributed by atoms with Crippen LogP contribution in [0.3, 0.4) is 0 Å².